The lowest BCUT2D eigenvalue weighted by Crippen LogP contribution is -1.94. The second kappa shape index (κ2) is 20.6. The van der Waals surface area contributed by atoms with Gasteiger partial charge in [0.15, 0.2) is 0 Å². The lowest BCUT2D eigenvalue weighted by Gasteiger charge is -2.21. The maximum Gasteiger partial charge on any atom is -0.00199 e. The van der Waals surface area contributed by atoms with Crippen molar-refractivity contribution < 1.29 is 0 Å². The van der Waals surface area contributed by atoms with Crippen molar-refractivity contribution in [1.82, 2.24) is 0 Å². The van der Waals surface area contributed by atoms with Crippen LogP contribution in [-0.2, 0) is 0 Å². The Morgan fingerprint density at radius 3 is 1.04 bits per heavy atom. The van der Waals surface area contributed by atoms with Crippen LogP contribution < -0.4 is 0 Å². The molecule has 0 N–H and O–H groups in total. The molecular formula is C84H54. The van der Waals surface area contributed by atoms with Gasteiger partial charge < -0.3 is 0 Å². The standard InChI is InChI=1S/C44H28.C40H26/c1-3-17-31-29(14-1)16-13-27-34(31)35-20-7-8-22-37(35)43-38-23-9-11-25-40(38)44(41-26-12-10-24-39(41)43)42-28-30-15-2-4-18-32(30)33-19-5-6-21-36(33)42;1-2-13-29-25-32(24-23-27(29)11-1)40-37-20-7-5-18-35(37)39(36-19-6-8-21-38(36)40)31-16-9-15-30(26-31)34-22-10-14-28-12-3-4-17-33(28)34/h1-28H;1-26H. The number of hydrogen-bond donors (Lipinski definition) is 0. The van der Waals surface area contributed by atoms with Crippen LogP contribution in [0.5, 0.6) is 0 Å². The molecule has 0 heterocycles. The average Bonchev–Trinajstić information content (AvgIpc) is 1.58. The van der Waals surface area contributed by atoms with E-state index in [9.17, 15) is 0 Å². The maximum atomic E-state index is 2.40. The third-order valence-electron chi connectivity index (χ3n) is 17.5. The van der Waals surface area contributed by atoms with Crippen molar-refractivity contribution in [3.8, 4) is 66.8 Å². The molecule has 17 rings (SSSR count). The molecule has 0 aromatic heterocycles. The minimum Gasteiger partial charge on any atom is -0.0616 e. The number of hydrogen-bond acceptors (Lipinski definition) is 0. The maximum absolute atomic E-state index is 2.40. The molecule has 0 saturated heterocycles. The Hall–Kier alpha value is -10.9. The van der Waals surface area contributed by atoms with E-state index in [4.69, 9.17) is 0 Å². The van der Waals surface area contributed by atoms with Crippen LogP contribution >= 0.6 is 0 Å². The van der Waals surface area contributed by atoms with Crippen molar-refractivity contribution in [2.24, 2.45) is 0 Å². The van der Waals surface area contributed by atoms with Gasteiger partial charge in [0.05, 0.1) is 0 Å². The first-order valence-corrected chi connectivity index (χ1v) is 29.1. The fourth-order valence-corrected chi connectivity index (χ4v) is 13.8. The Morgan fingerprint density at radius 2 is 0.464 bits per heavy atom. The van der Waals surface area contributed by atoms with Gasteiger partial charge in [-0.25, -0.2) is 0 Å². The van der Waals surface area contributed by atoms with E-state index in [-0.39, 0.29) is 0 Å². The van der Waals surface area contributed by atoms with Gasteiger partial charge in [-0.05, 0) is 182 Å². The summed E-state index contributed by atoms with van der Waals surface area (Å²) < 4.78 is 0. The van der Waals surface area contributed by atoms with Crippen molar-refractivity contribution in [3.05, 3.63) is 328 Å². The molecule has 0 amide bonds. The van der Waals surface area contributed by atoms with Gasteiger partial charge >= 0.3 is 0 Å². The first kappa shape index (κ1) is 48.9. The van der Waals surface area contributed by atoms with Gasteiger partial charge in [-0.3, -0.25) is 0 Å². The van der Waals surface area contributed by atoms with Gasteiger partial charge in [0.2, 0.25) is 0 Å². The highest BCUT2D eigenvalue weighted by atomic mass is 14.3. The first-order valence-electron chi connectivity index (χ1n) is 29.1. The summed E-state index contributed by atoms with van der Waals surface area (Å²) in [5, 5.41) is 22.9. The summed E-state index contributed by atoms with van der Waals surface area (Å²) >= 11 is 0. The van der Waals surface area contributed by atoms with Crippen molar-refractivity contribution in [2.75, 3.05) is 0 Å². The SMILES string of the molecule is c1cc(-c2cccc3ccccc23)cc(-c2c3ccccc3c(-c3ccc4ccccc4c3)c3ccccc23)c1.c1ccc(-c2c3ccccc3c(-c3cc4ccccc4c4ccccc34)c3ccccc23)c(-c2cccc3ccccc23)c1. The summed E-state index contributed by atoms with van der Waals surface area (Å²) in [7, 11) is 0. The normalized spacial score (nSPS) is 11.6. The van der Waals surface area contributed by atoms with Gasteiger partial charge in [0, 0.05) is 0 Å². The highest BCUT2D eigenvalue weighted by Gasteiger charge is 2.22. The van der Waals surface area contributed by atoms with E-state index < -0.39 is 0 Å². The second-order valence-corrected chi connectivity index (χ2v) is 22.1. The van der Waals surface area contributed by atoms with Crippen LogP contribution in [0, 0.1) is 0 Å². The van der Waals surface area contributed by atoms with E-state index in [2.05, 4.69) is 328 Å². The minimum absolute atomic E-state index is 1.24. The molecule has 84 heavy (non-hydrogen) atoms. The van der Waals surface area contributed by atoms with E-state index in [0.29, 0.717) is 0 Å². The van der Waals surface area contributed by atoms with Gasteiger partial charge in [0.1, 0.15) is 0 Å². The number of fused-ring (bicyclic) bond motifs is 10. The predicted molar refractivity (Wildman–Crippen MR) is 363 cm³/mol. The summed E-state index contributed by atoms with van der Waals surface area (Å²) in [5.41, 5.74) is 15.2. The molecule has 0 atom stereocenters. The van der Waals surface area contributed by atoms with Crippen LogP contribution in [0.25, 0.3) is 164 Å². The van der Waals surface area contributed by atoms with Gasteiger partial charge in [-0.1, -0.05) is 309 Å². The van der Waals surface area contributed by atoms with E-state index in [0.717, 1.165) is 0 Å². The second-order valence-electron chi connectivity index (χ2n) is 22.1. The van der Waals surface area contributed by atoms with Crippen LogP contribution in [-0.4, -0.2) is 0 Å². The minimum atomic E-state index is 1.24. The van der Waals surface area contributed by atoms with E-state index in [1.54, 1.807) is 0 Å². The Labute approximate surface area is 488 Å². The average molecular weight is 1060 g/mol. The molecule has 17 aromatic carbocycles. The van der Waals surface area contributed by atoms with E-state index >= 15 is 0 Å². The molecule has 0 saturated carbocycles. The van der Waals surface area contributed by atoms with Crippen molar-refractivity contribution in [3.63, 3.8) is 0 Å². The van der Waals surface area contributed by atoms with Crippen molar-refractivity contribution in [1.29, 1.82) is 0 Å². The van der Waals surface area contributed by atoms with Crippen LogP contribution in [0.4, 0.5) is 0 Å². The zero-order valence-electron chi connectivity index (χ0n) is 46.2. The van der Waals surface area contributed by atoms with Crippen LogP contribution in [0.15, 0.2) is 328 Å². The largest absolute Gasteiger partial charge is 0.0616 e. The molecule has 0 nitrogen and oxygen atoms in total. The van der Waals surface area contributed by atoms with Crippen molar-refractivity contribution >= 4 is 97.0 Å². The smallest absolute Gasteiger partial charge is 0.00199 e. The zero-order valence-corrected chi connectivity index (χ0v) is 46.2. The molecule has 390 valence electrons. The summed E-state index contributed by atoms with van der Waals surface area (Å²) in [6, 6.07) is 120. The summed E-state index contributed by atoms with van der Waals surface area (Å²) in [4.78, 5) is 0. The lowest BCUT2D eigenvalue weighted by atomic mass is 9.82. The van der Waals surface area contributed by atoms with Crippen LogP contribution in [0.2, 0.25) is 0 Å². The summed E-state index contributed by atoms with van der Waals surface area (Å²) in [6.07, 6.45) is 0. The van der Waals surface area contributed by atoms with Crippen molar-refractivity contribution in [2.45, 2.75) is 0 Å². The van der Waals surface area contributed by atoms with Crippen LogP contribution in [0.1, 0.15) is 0 Å². The zero-order chi connectivity index (χ0) is 55.5. The Morgan fingerprint density at radius 1 is 0.119 bits per heavy atom. The molecule has 0 aliphatic rings. The predicted octanol–water partition coefficient (Wildman–Crippen LogP) is 23.8. The molecule has 17 aromatic rings. The Balaban J connectivity index is 0.000000138. The molecule has 0 aliphatic carbocycles. The molecule has 0 heteroatoms. The summed E-state index contributed by atoms with van der Waals surface area (Å²) in [6.45, 7) is 0. The van der Waals surface area contributed by atoms with E-state index in [1.165, 1.54) is 164 Å². The first-order chi connectivity index (χ1) is 41.7. The highest BCUT2D eigenvalue weighted by molar-refractivity contribution is 6.27. The van der Waals surface area contributed by atoms with Gasteiger partial charge in [0.25, 0.3) is 0 Å². The Kier molecular flexibility index (Phi) is 12.0. The fourth-order valence-electron chi connectivity index (χ4n) is 13.8. The van der Waals surface area contributed by atoms with Crippen LogP contribution in [0.3, 0.4) is 0 Å². The monoisotopic (exact) mass is 1060 g/mol. The molecule has 0 radical (unpaired) electrons. The van der Waals surface area contributed by atoms with Gasteiger partial charge in [-0.2, -0.15) is 0 Å². The molecule has 0 bridgehead atoms. The molecule has 0 aliphatic heterocycles. The molecule has 0 fully saturated rings. The van der Waals surface area contributed by atoms with Gasteiger partial charge in [-0.15, -0.1) is 0 Å². The highest BCUT2D eigenvalue weighted by Crippen LogP contribution is 2.50. The molecule has 0 unspecified atom stereocenters. The Bertz CT molecular complexity index is 5320. The number of rotatable bonds is 6. The molecule has 0 spiro atoms. The topological polar surface area (TPSA) is 0 Å². The third-order valence-corrected chi connectivity index (χ3v) is 17.5. The summed E-state index contributed by atoms with van der Waals surface area (Å²) in [5.74, 6) is 0. The number of benzene rings is 17. The molecular weight excluding hydrogens is 1010 g/mol. The fraction of sp³-hybridized carbons (Fsp3) is 0. The third kappa shape index (κ3) is 8.22. The van der Waals surface area contributed by atoms with E-state index in [1.807, 2.05) is 0 Å². The quantitative estimate of drug-likeness (QED) is 0.115. The lowest BCUT2D eigenvalue weighted by molar-refractivity contribution is 1.63.